The van der Waals surface area contributed by atoms with Gasteiger partial charge in [0.1, 0.15) is 12.0 Å². The SMILES string of the molecule is CC(C)C1NCC(c2ccccc2F)O1. The van der Waals surface area contributed by atoms with Crippen LogP contribution in [0.3, 0.4) is 0 Å². The van der Waals surface area contributed by atoms with Gasteiger partial charge in [0.25, 0.3) is 0 Å². The Kier molecular flexibility index (Phi) is 3.03. The first-order valence-electron chi connectivity index (χ1n) is 5.31. The van der Waals surface area contributed by atoms with E-state index < -0.39 is 0 Å². The van der Waals surface area contributed by atoms with E-state index in [4.69, 9.17) is 4.74 Å². The van der Waals surface area contributed by atoms with Gasteiger partial charge in [0, 0.05) is 12.1 Å². The minimum atomic E-state index is -0.186. The van der Waals surface area contributed by atoms with Crippen LogP contribution in [-0.2, 0) is 4.74 Å². The lowest BCUT2D eigenvalue weighted by atomic mass is 10.1. The molecular weight excluding hydrogens is 193 g/mol. The Bertz CT molecular complexity index is 340. The maximum absolute atomic E-state index is 13.5. The van der Waals surface area contributed by atoms with E-state index in [1.165, 1.54) is 6.07 Å². The van der Waals surface area contributed by atoms with Gasteiger partial charge in [-0.25, -0.2) is 4.39 Å². The van der Waals surface area contributed by atoms with Crippen molar-refractivity contribution in [2.24, 2.45) is 5.92 Å². The van der Waals surface area contributed by atoms with Crippen LogP contribution >= 0.6 is 0 Å². The fourth-order valence-corrected chi connectivity index (χ4v) is 1.81. The molecule has 0 aliphatic carbocycles. The molecule has 2 atom stereocenters. The Morgan fingerprint density at radius 3 is 2.73 bits per heavy atom. The van der Waals surface area contributed by atoms with Crippen molar-refractivity contribution < 1.29 is 9.13 Å². The smallest absolute Gasteiger partial charge is 0.129 e. The van der Waals surface area contributed by atoms with Crippen molar-refractivity contribution in [3.05, 3.63) is 35.6 Å². The first kappa shape index (κ1) is 10.6. The van der Waals surface area contributed by atoms with Crippen molar-refractivity contribution in [1.29, 1.82) is 0 Å². The molecule has 1 aromatic carbocycles. The van der Waals surface area contributed by atoms with Gasteiger partial charge in [0.15, 0.2) is 0 Å². The van der Waals surface area contributed by atoms with Crippen LogP contribution in [0.15, 0.2) is 24.3 Å². The molecule has 1 N–H and O–H groups in total. The summed E-state index contributed by atoms with van der Waals surface area (Å²) < 4.78 is 19.2. The number of ether oxygens (including phenoxy) is 1. The first-order valence-corrected chi connectivity index (χ1v) is 5.31. The van der Waals surface area contributed by atoms with E-state index in [0.717, 1.165) is 0 Å². The van der Waals surface area contributed by atoms with E-state index >= 15 is 0 Å². The Labute approximate surface area is 89.4 Å². The number of nitrogens with one attached hydrogen (secondary N) is 1. The molecule has 2 rings (SSSR count). The largest absolute Gasteiger partial charge is 0.354 e. The molecule has 0 spiro atoms. The van der Waals surface area contributed by atoms with E-state index in [0.29, 0.717) is 18.0 Å². The number of hydrogen-bond acceptors (Lipinski definition) is 2. The summed E-state index contributed by atoms with van der Waals surface area (Å²) in [5, 5.41) is 3.24. The van der Waals surface area contributed by atoms with E-state index in [1.54, 1.807) is 12.1 Å². The molecule has 82 valence electrons. The first-order chi connectivity index (χ1) is 7.18. The van der Waals surface area contributed by atoms with Crippen molar-refractivity contribution >= 4 is 0 Å². The van der Waals surface area contributed by atoms with Gasteiger partial charge >= 0.3 is 0 Å². The molecule has 0 saturated carbocycles. The van der Waals surface area contributed by atoms with E-state index in [-0.39, 0.29) is 18.1 Å². The average molecular weight is 209 g/mol. The molecule has 0 amide bonds. The summed E-state index contributed by atoms with van der Waals surface area (Å²) in [5.74, 6) is 0.218. The Morgan fingerprint density at radius 1 is 1.40 bits per heavy atom. The van der Waals surface area contributed by atoms with Crippen LogP contribution in [0.25, 0.3) is 0 Å². The van der Waals surface area contributed by atoms with Crippen molar-refractivity contribution in [3.63, 3.8) is 0 Å². The molecular formula is C12H16FNO. The fourth-order valence-electron chi connectivity index (χ4n) is 1.81. The molecule has 15 heavy (non-hydrogen) atoms. The van der Waals surface area contributed by atoms with Crippen molar-refractivity contribution in [3.8, 4) is 0 Å². The third kappa shape index (κ3) is 2.19. The third-order valence-electron chi connectivity index (χ3n) is 2.67. The van der Waals surface area contributed by atoms with E-state index in [1.807, 2.05) is 6.07 Å². The molecule has 1 fully saturated rings. The molecule has 1 heterocycles. The lowest BCUT2D eigenvalue weighted by Gasteiger charge is -2.16. The number of rotatable bonds is 2. The summed E-state index contributed by atoms with van der Waals surface area (Å²) >= 11 is 0. The zero-order chi connectivity index (χ0) is 10.8. The highest BCUT2D eigenvalue weighted by atomic mass is 19.1. The molecule has 1 aliphatic heterocycles. The second kappa shape index (κ2) is 4.29. The van der Waals surface area contributed by atoms with Gasteiger partial charge in [-0.2, -0.15) is 0 Å². The number of benzene rings is 1. The molecule has 1 aromatic rings. The Balaban J connectivity index is 2.11. The highest BCUT2D eigenvalue weighted by Gasteiger charge is 2.29. The van der Waals surface area contributed by atoms with Crippen LogP contribution in [0.2, 0.25) is 0 Å². The van der Waals surface area contributed by atoms with Crippen LogP contribution in [0, 0.1) is 11.7 Å². The zero-order valence-electron chi connectivity index (χ0n) is 9.03. The van der Waals surface area contributed by atoms with Gasteiger partial charge in [-0.05, 0) is 12.0 Å². The normalized spacial score (nSPS) is 26.1. The van der Waals surface area contributed by atoms with Crippen LogP contribution in [0.1, 0.15) is 25.5 Å². The third-order valence-corrected chi connectivity index (χ3v) is 2.67. The number of halogens is 1. The maximum Gasteiger partial charge on any atom is 0.129 e. The highest BCUT2D eigenvalue weighted by Crippen LogP contribution is 2.27. The summed E-state index contributed by atoms with van der Waals surface area (Å²) in [6, 6.07) is 6.79. The second-order valence-electron chi connectivity index (χ2n) is 4.22. The summed E-state index contributed by atoms with van der Waals surface area (Å²) in [4.78, 5) is 0. The summed E-state index contributed by atoms with van der Waals surface area (Å²) in [6.07, 6.45) is -0.117. The van der Waals surface area contributed by atoms with Gasteiger partial charge in [-0.3, -0.25) is 5.32 Å². The summed E-state index contributed by atoms with van der Waals surface area (Å²) in [6.45, 7) is 4.85. The van der Waals surface area contributed by atoms with Gasteiger partial charge in [0.2, 0.25) is 0 Å². The predicted molar refractivity (Wildman–Crippen MR) is 56.9 cm³/mol. The Morgan fingerprint density at radius 2 is 2.13 bits per heavy atom. The molecule has 2 nitrogen and oxygen atoms in total. The molecule has 3 heteroatoms. The van der Waals surface area contributed by atoms with E-state index in [2.05, 4.69) is 19.2 Å². The van der Waals surface area contributed by atoms with Crippen molar-refractivity contribution in [2.45, 2.75) is 26.2 Å². The quantitative estimate of drug-likeness (QED) is 0.808. The van der Waals surface area contributed by atoms with Crippen molar-refractivity contribution in [2.75, 3.05) is 6.54 Å². The molecule has 0 radical (unpaired) electrons. The highest BCUT2D eigenvalue weighted by molar-refractivity contribution is 5.21. The van der Waals surface area contributed by atoms with Crippen LogP contribution < -0.4 is 5.32 Å². The average Bonchev–Trinajstić information content (AvgIpc) is 2.67. The molecule has 1 saturated heterocycles. The van der Waals surface area contributed by atoms with Crippen LogP contribution in [-0.4, -0.2) is 12.8 Å². The molecule has 0 bridgehead atoms. The number of hydrogen-bond donors (Lipinski definition) is 1. The summed E-state index contributed by atoms with van der Waals surface area (Å²) in [5.41, 5.74) is 0.646. The van der Waals surface area contributed by atoms with Crippen LogP contribution in [0.4, 0.5) is 4.39 Å². The minimum absolute atomic E-state index is 0.0367. The zero-order valence-corrected chi connectivity index (χ0v) is 9.03. The summed E-state index contributed by atoms with van der Waals surface area (Å²) in [7, 11) is 0. The molecule has 0 aromatic heterocycles. The second-order valence-corrected chi connectivity index (χ2v) is 4.22. The van der Waals surface area contributed by atoms with E-state index in [9.17, 15) is 4.39 Å². The van der Waals surface area contributed by atoms with Gasteiger partial charge in [-0.1, -0.05) is 32.0 Å². The monoisotopic (exact) mass is 209 g/mol. The minimum Gasteiger partial charge on any atom is -0.354 e. The van der Waals surface area contributed by atoms with Gasteiger partial charge in [0.05, 0.1) is 6.10 Å². The topological polar surface area (TPSA) is 21.3 Å². The van der Waals surface area contributed by atoms with Crippen LogP contribution in [0.5, 0.6) is 0 Å². The lowest BCUT2D eigenvalue weighted by Crippen LogP contribution is -2.27. The van der Waals surface area contributed by atoms with Crippen molar-refractivity contribution in [1.82, 2.24) is 5.32 Å². The predicted octanol–water partition coefficient (Wildman–Crippen LogP) is 2.47. The lowest BCUT2D eigenvalue weighted by molar-refractivity contribution is 0.0122. The maximum atomic E-state index is 13.5. The molecule has 2 unspecified atom stereocenters. The standard InChI is InChI=1S/C12H16FNO/c1-8(2)12-14-7-11(15-12)9-5-3-4-6-10(9)13/h3-6,8,11-12,14H,7H2,1-2H3. The molecule has 1 aliphatic rings. The van der Waals surface area contributed by atoms with Gasteiger partial charge < -0.3 is 4.74 Å². The fraction of sp³-hybridized carbons (Fsp3) is 0.500. The Hall–Kier alpha value is -0.930. The van der Waals surface area contributed by atoms with Gasteiger partial charge in [-0.15, -0.1) is 0 Å².